The zero-order chi connectivity index (χ0) is 20.0. The van der Waals surface area contributed by atoms with Crippen molar-refractivity contribution in [3.8, 4) is 5.88 Å². The molecule has 0 bridgehead atoms. The predicted octanol–water partition coefficient (Wildman–Crippen LogP) is 3.29. The summed E-state index contributed by atoms with van der Waals surface area (Å²) in [5.41, 5.74) is 2.35. The predicted molar refractivity (Wildman–Crippen MR) is 93.7 cm³/mol. The molecule has 0 aliphatic heterocycles. The molecule has 0 spiro atoms. The highest BCUT2D eigenvalue weighted by atomic mass is 19.4. The third-order valence-corrected chi connectivity index (χ3v) is 3.58. The van der Waals surface area contributed by atoms with Crippen molar-refractivity contribution in [2.24, 2.45) is 5.92 Å². The fourth-order valence-electron chi connectivity index (χ4n) is 2.36. The summed E-state index contributed by atoms with van der Waals surface area (Å²) < 4.78 is 42.6. The molecule has 0 aliphatic rings. The van der Waals surface area contributed by atoms with Crippen LogP contribution < -0.4 is 15.4 Å². The molecule has 0 fully saturated rings. The molecule has 0 aliphatic carbocycles. The number of aryl methyl sites for hydroxylation is 2. The van der Waals surface area contributed by atoms with Crippen molar-refractivity contribution in [2.45, 2.75) is 33.5 Å². The smallest absolute Gasteiger partial charge is 0.422 e. The lowest BCUT2D eigenvalue weighted by Gasteiger charge is -2.14. The van der Waals surface area contributed by atoms with Gasteiger partial charge in [0.05, 0.1) is 17.6 Å². The summed E-state index contributed by atoms with van der Waals surface area (Å²) in [6, 6.07) is 4.23. The number of carbonyl (C=O) groups excluding carboxylic acids is 1. The first kappa shape index (κ1) is 20.5. The van der Waals surface area contributed by atoms with Crippen molar-refractivity contribution in [3.63, 3.8) is 0 Å². The fourth-order valence-corrected chi connectivity index (χ4v) is 2.36. The molecule has 7 nitrogen and oxygen atoms in total. The Morgan fingerprint density at radius 2 is 2.07 bits per heavy atom. The number of aromatic nitrogens is 3. The average molecular weight is 385 g/mol. The van der Waals surface area contributed by atoms with Crippen molar-refractivity contribution in [2.75, 3.05) is 18.5 Å². The highest BCUT2D eigenvalue weighted by molar-refractivity contribution is 5.88. The van der Waals surface area contributed by atoms with Crippen LogP contribution in [-0.4, -0.2) is 40.1 Å². The number of hydrogen-bond donors (Lipinski definition) is 2. The van der Waals surface area contributed by atoms with Gasteiger partial charge in [-0.1, -0.05) is 6.92 Å². The summed E-state index contributed by atoms with van der Waals surface area (Å²) in [7, 11) is 0. The van der Waals surface area contributed by atoms with Gasteiger partial charge in [0.1, 0.15) is 0 Å². The van der Waals surface area contributed by atoms with Crippen molar-refractivity contribution < 1.29 is 22.7 Å². The van der Waals surface area contributed by atoms with Gasteiger partial charge in [-0.25, -0.2) is 9.78 Å². The fraction of sp³-hybridized carbons (Fsp3) is 0.471. The van der Waals surface area contributed by atoms with E-state index in [1.165, 1.54) is 18.3 Å². The molecular weight excluding hydrogens is 363 g/mol. The van der Waals surface area contributed by atoms with E-state index < -0.39 is 18.8 Å². The van der Waals surface area contributed by atoms with Gasteiger partial charge in [0, 0.05) is 24.8 Å². The lowest BCUT2D eigenvalue weighted by Crippen LogP contribution is -2.33. The standard InChI is InChI=1S/C17H22F3N5O2/c1-11(9-25-13(3)6-12(2)24-25)7-22-16(26)23-14-4-5-15(21-8-14)27-10-17(18,19)20/h4-6,8,11H,7,9-10H2,1-3H3,(H2,22,23,26)/t11-/m0/s1. The van der Waals surface area contributed by atoms with Crippen molar-refractivity contribution in [3.05, 3.63) is 35.8 Å². The number of ether oxygens (including phenoxy) is 1. The van der Waals surface area contributed by atoms with Gasteiger partial charge >= 0.3 is 12.2 Å². The molecule has 2 aromatic rings. The quantitative estimate of drug-likeness (QED) is 0.766. The summed E-state index contributed by atoms with van der Waals surface area (Å²) in [4.78, 5) is 15.7. The van der Waals surface area contributed by atoms with Crippen LogP contribution in [0.2, 0.25) is 0 Å². The third kappa shape index (κ3) is 7.16. The Morgan fingerprint density at radius 3 is 2.63 bits per heavy atom. The minimum atomic E-state index is -4.43. The van der Waals surface area contributed by atoms with Gasteiger partial charge < -0.3 is 15.4 Å². The number of urea groups is 1. The number of rotatable bonds is 7. The summed E-state index contributed by atoms with van der Waals surface area (Å²) in [6.07, 6.45) is -3.20. The van der Waals surface area contributed by atoms with Crippen molar-refractivity contribution in [1.82, 2.24) is 20.1 Å². The first-order valence-electron chi connectivity index (χ1n) is 8.34. The lowest BCUT2D eigenvalue weighted by molar-refractivity contribution is -0.154. The molecule has 27 heavy (non-hydrogen) atoms. The van der Waals surface area contributed by atoms with Crippen LogP contribution in [-0.2, 0) is 6.54 Å². The van der Waals surface area contributed by atoms with Crippen molar-refractivity contribution >= 4 is 11.7 Å². The highest BCUT2D eigenvalue weighted by Gasteiger charge is 2.28. The van der Waals surface area contributed by atoms with E-state index in [1.54, 1.807) is 0 Å². The van der Waals surface area contributed by atoms with Crippen LogP contribution in [0.25, 0.3) is 0 Å². The van der Waals surface area contributed by atoms with E-state index in [0.717, 1.165) is 11.4 Å². The average Bonchev–Trinajstić information content (AvgIpc) is 2.89. The Hall–Kier alpha value is -2.78. The van der Waals surface area contributed by atoms with Crippen LogP contribution in [0.15, 0.2) is 24.4 Å². The first-order valence-corrected chi connectivity index (χ1v) is 8.34. The number of nitrogens with zero attached hydrogens (tertiary/aromatic N) is 3. The number of carbonyl (C=O) groups is 1. The molecule has 10 heteroatoms. The zero-order valence-electron chi connectivity index (χ0n) is 15.3. The molecule has 1 atom stereocenters. The first-order chi connectivity index (χ1) is 12.6. The van der Waals surface area contributed by atoms with E-state index in [4.69, 9.17) is 0 Å². The number of nitrogens with one attached hydrogen (secondary N) is 2. The molecule has 2 N–H and O–H groups in total. The van der Waals surface area contributed by atoms with E-state index in [0.29, 0.717) is 18.8 Å². The molecule has 0 aromatic carbocycles. The van der Waals surface area contributed by atoms with E-state index in [1.807, 2.05) is 31.5 Å². The summed E-state index contributed by atoms with van der Waals surface area (Å²) in [6.45, 7) is 5.58. The summed E-state index contributed by atoms with van der Waals surface area (Å²) >= 11 is 0. The van der Waals surface area contributed by atoms with Gasteiger partial charge in [-0.05, 0) is 31.9 Å². The van der Waals surface area contributed by atoms with Gasteiger partial charge in [-0.15, -0.1) is 0 Å². The van der Waals surface area contributed by atoms with E-state index >= 15 is 0 Å². The summed E-state index contributed by atoms with van der Waals surface area (Å²) in [5.74, 6) is -0.0122. The summed E-state index contributed by atoms with van der Waals surface area (Å²) in [5, 5.41) is 9.68. The molecule has 2 rings (SSSR count). The van der Waals surface area contributed by atoms with Gasteiger partial charge in [0.15, 0.2) is 6.61 Å². The molecule has 2 amide bonds. The SMILES string of the molecule is Cc1cc(C)n(C[C@@H](C)CNC(=O)Nc2ccc(OCC(F)(F)F)nc2)n1. The molecule has 2 aromatic heterocycles. The maximum atomic E-state index is 12.1. The maximum Gasteiger partial charge on any atom is 0.422 e. The van der Waals surface area contributed by atoms with Gasteiger partial charge in [-0.2, -0.15) is 18.3 Å². The maximum absolute atomic E-state index is 12.1. The molecule has 0 radical (unpaired) electrons. The molecule has 2 heterocycles. The Labute approximate surface area is 154 Å². The Morgan fingerprint density at radius 1 is 1.33 bits per heavy atom. The third-order valence-electron chi connectivity index (χ3n) is 3.58. The van der Waals surface area contributed by atoms with Crippen LogP contribution in [0.1, 0.15) is 18.3 Å². The number of hydrogen-bond acceptors (Lipinski definition) is 4. The van der Waals surface area contributed by atoms with Gasteiger partial charge in [0.2, 0.25) is 5.88 Å². The number of alkyl halides is 3. The zero-order valence-corrected chi connectivity index (χ0v) is 15.3. The molecular formula is C17H22F3N5O2. The largest absolute Gasteiger partial charge is 0.468 e. The van der Waals surface area contributed by atoms with E-state index in [-0.39, 0.29) is 11.8 Å². The Kier molecular flexibility index (Phi) is 6.65. The molecule has 0 unspecified atom stereocenters. The molecule has 0 saturated carbocycles. The number of anilines is 1. The second kappa shape index (κ2) is 8.74. The van der Waals surface area contributed by atoms with Gasteiger partial charge in [0.25, 0.3) is 0 Å². The monoisotopic (exact) mass is 385 g/mol. The van der Waals surface area contributed by atoms with E-state index in [2.05, 4.69) is 25.5 Å². The van der Waals surface area contributed by atoms with Crippen LogP contribution in [0.3, 0.4) is 0 Å². The lowest BCUT2D eigenvalue weighted by atomic mass is 10.2. The normalized spacial score (nSPS) is 12.5. The Balaban J connectivity index is 1.75. The van der Waals surface area contributed by atoms with Crippen LogP contribution >= 0.6 is 0 Å². The molecule has 148 valence electrons. The number of pyridine rings is 1. The topological polar surface area (TPSA) is 81.1 Å². The van der Waals surface area contributed by atoms with E-state index in [9.17, 15) is 18.0 Å². The highest BCUT2D eigenvalue weighted by Crippen LogP contribution is 2.18. The van der Waals surface area contributed by atoms with Crippen LogP contribution in [0, 0.1) is 19.8 Å². The minimum absolute atomic E-state index is 0.157. The number of halogens is 3. The van der Waals surface area contributed by atoms with Crippen molar-refractivity contribution in [1.29, 1.82) is 0 Å². The Bertz CT molecular complexity index is 759. The van der Waals surface area contributed by atoms with Gasteiger partial charge in [-0.3, -0.25) is 4.68 Å². The molecule has 0 saturated heterocycles. The second-order valence-corrected chi connectivity index (χ2v) is 6.34. The second-order valence-electron chi connectivity index (χ2n) is 6.34. The number of amides is 2. The van der Waals surface area contributed by atoms with Crippen LogP contribution in [0.4, 0.5) is 23.7 Å². The van der Waals surface area contributed by atoms with Crippen LogP contribution in [0.5, 0.6) is 5.88 Å². The minimum Gasteiger partial charge on any atom is -0.468 e.